The lowest BCUT2D eigenvalue weighted by molar-refractivity contribution is -0.125. The fourth-order valence-corrected chi connectivity index (χ4v) is 5.23. The zero-order chi connectivity index (χ0) is 28.8. The van der Waals surface area contributed by atoms with E-state index in [9.17, 15) is 18.8 Å². The first-order valence-corrected chi connectivity index (χ1v) is 14.1. The van der Waals surface area contributed by atoms with Gasteiger partial charge in [-0.3, -0.25) is 19.4 Å². The lowest BCUT2D eigenvalue weighted by Gasteiger charge is -2.33. The van der Waals surface area contributed by atoms with Gasteiger partial charge in [0.1, 0.15) is 23.0 Å². The number of halogens is 1. The van der Waals surface area contributed by atoms with Crippen molar-refractivity contribution in [2.45, 2.75) is 39.0 Å². The molecule has 0 bridgehead atoms. The standard InChI is InChI=1S/C29H36FN7O4/c1-2-36-14-3-4-19(11-15-36)9-12-31-29(40)24-16-23(35-27-21(30)10-13-33-37(24)27)28(39)32-17-20-5-7-22-25(8-6-20)41-18-26(38)34-22/h5-6,8-9,12,16,19,33H,2-4,7,10-11,13-15,17-18H2,1H3,(H,31,40)(H,32,39)(H,34,38)/b12-9+. The minimum Gasteiger partial charge on any atom is -0.482 e. The van der Waals surface area contributed by atoms with Crippen molar-refractivity contribution in [3.63, 3.8) is 0 Å². The largest absolute Gasteiger partial charge is 0.482 e. The number of hydrazine groups is 1. The Kier molecular flexibility index (Phi) is 9.10. The molecule has 0 aromatic heterocycles. The summed E-state index contributed by atoms with van der Waals surface area (Å²) >= 11 is 0. The van der Waals surface area contributed by atoms with Gasteiger partial charge in [-0.15, -0.1) is 0 Å². The van der Waals surface area contributed by atoms with Crippen LogP contribution in [0.2, 0.25) is 0 Å². The van der Waals surface area contributed by atoms with Crippen LogP contribution in [0.5, 0.6) is 0 Å². The van der Waals surface area contributed by atoms with Crippen LogP contribution in [0, 0.1) is 5.92 Å². The second-order valence-corrected chi connectivity index (χ2v) is 10.4. The molecule has 4 heterocycles. The molecule has 1 atom stereocenters. The van der Waals surface area contributed by atoms with Crippen LogP contribution in [0.4, 0.5) is 4.39 Å². The summed E-state index contributed by atoms with van der Waals surface area (Å²) in [5, 5.41) is 9.67. The van der Waals surface area contributed by atoms with Gasteiger partial charge in [-0.25, -0.2) is 14.8 Å². The number of allylic oxidation sites excluding steroid dienone is 3. The highest BCUT2D eigenvalue weighted by molar-refractivity contribution is 6.44. The van der Waals surface area contributed by atoms with Crippen molar-refractivity contribution < 1.29 is 23.5 Å². The van der Waals surface area contributed by atoms with Crippen molar-refractivity contribution in [2.75, 3.05) is 39.3 Å². The highest BCUT2D eigenvalue weighted by atomic mass is 19.1. The lowest BCUT2D eigenvalue weighted by atomic mass is 10.0. The number of hydrogen-bond acceptors (Lipinski definition) is 8. The topological polar surface area (TPSA) is 127 Å². The molecule has 4 aliphatic heterocycles. The van der Waals surface area contributed by atoms with Crippen LogP contribution in [0.25, 0.3) is 0 Å². The Morgan fingerprint density at radius 1 is 1.24 bits per heavy atom. The third kappa shape index (κ3) is 7.01. The molecular formula is C29H36FN7O4. The minimum absolute atomic E-state index is 0.0380. The molecule has 1 fully saturated rings. The fourth-order valence-electron chi connectivity index (χ4n) is 5.23. The van der Waals surface area contributed by atoms with E-state index in [1.54, 1.807) is 18.4 Å². The van der Waals surface area contributed by atoms with Gasteiger partial charge in [-0.2, -0.15) is 0 Å². The van der Waals surface area contributed by atoms with Crippen molar-refractivity contribution in [3.8, 4) is 0 Å². The van der Waals surface area contributed by atoms with Crippen molar-refractivity contribution in [1.29, 1.82) is 0 Å². The van der Waals surface area contributed by atoms with Gasteiger partial charge < -0.3 is 25.6 Å². The molecule has 5 aliphatic rings. The number of amides is 3. The molecule has 12 heteroatoms. The summed E-state index contributed by atoms with van der Waals surface area (Å²) in [6.07, 6.45) is 14.2. The molecule has 4 N–H and O–H groups in total. The van der Waals surface area contributed by atoms with E-state index in [0.717, 1.165) is 44.5 Å². The SMILES string of the molecule is CCN1CCCC(/C=C/NC(=O)C2=CC(C(=O)NCC3=CCC4=C(C=C3)OCC(=O)N4)=NC3=C(F)CCNN23)CC1. The Hall–Kier alpha value is -4.03. The molecule has 11 nitrogen and oxygen atoms in total. The van der Waals surface area contributed by atoms with E-state index < -0.39 is 17.6 Å². The molecule has 1 saturated heterocycles. The van der Waals surface area contributed by atoms with E-state index in [1.807, 2.05) is 12.2 Å². The van der Waals surface area contributed by atoms with E-state index in [-0.39, 0.29) is 42.7 Å². The second-order valence-electron chi connectivity index (χ2n) is 10.4. The van der Waals surface area contributed by atoms with Gasteiger partial charge in [-0.1, -0.05) is 25.2 Å². The van der Waals surface area contributed by atoms with E-state index in [2.05, 4.69) is 38.2 Å². The first-order chi connectivity index (χ1) is 19.9. The highest BCUT2D eigenvalue weighted by Crippen LogP contribution is 2.27. The van der Waals surface area contributed by atoms with Crippen LogP contribution in [0.15, 0.2) is 75.9 Å². The average Bonchev–Trinajstić information content (AvgIpc) is 3.33. The van der Waals surface area contributed by atoms with Gasteiger partial charge in [-0.05, 0) is 56.5 Å². The molecule has 1 unspecified atom stereocenters. The van der Waals surface area contributed by atoms with Gasteiger partial charge >= 0.3 is 0 Å². The number of hydrogen-bond donors (Lipinski definition) is 4. The molecule has 0 aromatic carbocycles. The van der Waals surface area contributed by atoms with Crippen LogP contribution in [0.1, 0.15) is 39.0 Å². The first kappa shape index (κ1) is 28.5. The molecule has 5 rings (SSSR count). The van der Waals surface area contributed by atoms with Crippen LogP contribution >= 0.6 is 0 Å². The maximum atomic E-state index is 14.8. The summed E-state index contributed by atoms with van der Waals surface area (Å²) in [6, 6.07) is 0. The average molecular weight is 566 g/mol. The van der Waals surface area contributed by atoms with E-state index in [0.29, 0.717) is 30.3 Å². The van der Waals surface area contributed by atoms with Crippen LogP contribution < -0.4 is 21.4 Å². The molecule has 218 valence electrons. The van der Waals surface area contributed by atoms with Crippen LogP contribution in [0.3, 0.4) is 0 Å². The summed E-state index contributed by atoms with van der Waals surface area (Å²) in [4.78, 5) is 44.6. The van der Waals surface area contributed by atoms with E-state index in [4.69, 9.17) is 4.74 Å². The quantitative estimate of drug-likeness (QED) is 0.371. The number of ether oxygens (including phenoxy) is 1. The van der Waals surface area contributed by atoms with E-state index >= 15 is 0 Å². The van der Waals surface area contributed by atoms with E-state index in [1.165, 1.54) is 11.1 Å². The fraction of sp³-hybridized carbons (Fsp3) is 0.448. The first-order valence-electron chi connectivity index (χ1n) is 14.1. The van der Waals surface area contributed by atoms with Crippen LogP contribution in [-0.2, 0) is 19.1 Å². The Balaban J connectivity index is 1.24. The lowest BCUT2D eigenvalue weighted by Crippen LogP contribution is -2.47. The number of nitrogens with one attached hydrogen (secondary N) is 4. The Morgan fingerprint density at radius 3 is 2.98 bits per heavy atom. The number of nitrogens with zero attached hydrogens (tertiary/aromatic N) is 3. The Morgan fingerprint density at radius 2 is 2.12 bits per heavy atom. The number of carbonyl (C=O) groups excluding carboxylic acids is 3. The Bertz CT molecular complexity index is 1310. The summed E-state index contributed by atoms with van der Waals surface area (Å²) in [5.74, 6) is -0.878. The number of likely N-dealkylation sites (tertiary alicyclic amines) is 1. The zero-order valence-corrected chi connectivity index (χ0v) is 23.2. The van der Waals surface area contributed by atoms with Gasteiger partial charge in [0, 0.05) is 38.2 Å². The summed E-state index contributed by atoms with van der Waals surface area (Å²) in [5.41, 5.74) is 4.46. The molecule has 41 heavy (non-hydrogen) atoms. The molecule has 0 radical (unpaired) electrons. The Labute approximate surface area is 238 Å². The van der Waals surface area contributed by atoms with Gasteiger partial charge in [0.25, 0.3) is 17.7 Å². The molecule has 3 amide bonds. The number of carbonyl (C=O) groups is 3. The van der Waals surface area contributed by atoms with Crippen LogP contribution in [-0.4, -0.2) is 72.7 Å². The number of aliphatic imine (C=N–C) groups is 1. The van der Waals surface area contributed by atoms with Crippen molar-refractivity contribution in [1.82, 2.24) is 31.3 Å². The second kappa shape index (κ2) is 13.1. The van der Waals surface area contributed by atoms with Gasteiger partial charge in [0.2, 0.25) is 0 Å². The van der Waals surface area contributed by atoms with Gasteiger partial charge in [0.05, 0.1) is 5.70 Å². The normalized spacial score (nSPS) is 23.4. The summed E-state index contributed by atoms with van der Waals surface area (Å²) < 4.78 is 20.3. The molecule has 0 aromatic rings. The molecular weight excluding hydrogens is 529 g/mol. The van der Waals surface area contributed by atoms with Gasteiger partial charge in [0.15, 0.2) is 12.4 Å². The monoisotopic (exact) mass is 565 g/mol. The maximum Gasteiger partial charge on any atom is 0.273 e. The predicted octanol–water partition coefficient (Wildman–Crippen LogP) is 1.79. The number of rotatable bonds is 7. The molecule has 0 spiro atoms. The third-order valence-corrected chi connectivity index (χ3v) is 7.59. The minimum atomic E-state index is -0.545. The summed E-state index contributed by atoms with van der Waals surface area (Å²) in [7, 11) is 0. The molecule has 0 saturated carbocycles. The number of fused-ring (bicyclic) bond motifs is 1. The van der Waals surface area contributed by atoms with Crippen molar-refractivity contribution >= 4 is 23.4 Å². The maximum absolute atomic E-state index is 14.8. The predicted molar refractivity (Wildman–Crippen MR) is 151 cm³/mol. The summed E-state index contributed by atoms with van der Waals surface area (Å²) in [6.45, 7) is 5.75. The van der Waals surface area contributed by atoms with Crippen molar-refractivity contribution in [3.05, 3.63) is 71.0 Å². The van der Waals surface area contributed by atoms with Crippen molar-refractivity contribution in [2.24, 2.45) is 10.9 Å². The zero-order valence-electron chi connectivity index (χ0n) is 23.2. The smallest absolute Gasteiger partial charge is 0.273 e. The highest BCUT2D eigenvalue weighted by Gasteiger charge is 2.32. The third-order valence-electron chi connectivity index (χ3n) is 7.59. The molecule has 1 aliphatic carbocycles.